The first-order chi connectivity index (χ1) is 8.11. The van der Waals surface area contributed by atoms with Crippen molar-refractivity contribution in [3.63, 3.8) is 0 Å². The molecule has 0 bridgehead atoms. The second-order valence-corrected chi connectivity index (χ2v) is 5.62. The van der Waals surface area contributed by atoms with Crippen LogP contribution in [0.25, 0.3) is 0 Å². The van der Waals surface area contributed by atoms with Crippen molar-refractivity contribution in [1.82, 2.24) is 5.32 Å². The van der Waals surface area contributed by atoms with Gasteiger partial charge in [-0.25, -0.2) is 0 Å². The maximum atomic E-state index is 5.12. The minimum atomic E-state index is 0.496. The average molecular weight is 300 g/mol. The topological polar surface area (TPSA) is 21.3 Å². The van der Waals surface area contributed by atoms with E-state index < -0.39 is 0 Å². The summed E-state index contributed by atoms with van der Waals surface area (Å²) in [7, 11) is 1.75. The lowest BCUT2D eigenvalue weighted by Gasteiger charge is -2.17. The number of benzene rings is 1. The van der Waals surface area contributed by atoms with Gasteiger partial charge in [-0.05, 0) is 37.0 Å². The molecule has 0 heterocycles. The van der Waals surface area contributed by atoms with Crippen LogP contribution >= 0.6 is 15.9 Å². The molecular weight excluding hydrogens is 278 g/mol. The quantitative estimate of drug-likeness (QED) is 0.834. The van der Waals surface area contributed by atoms with Crippen LogP contribution in [0.1, 0.15) is 19.4 Å². The molecule has 0 radical (unpaired) electrons. The van der Waals surface area contributed by atoms with Gasteiger partial charge < -0.3 is 10.1 Å². The number of nitrogens with one attached hydrogen (secondary N) is 1. The zero-order valence-corrected chi connectivity index (χ0v) is 12.5. The first-order valence-electron chi connectivity index (χ1n) is 6.08. The highest BCUT2D eigenvalue weighted by Gasteiger charge is 2.06. The fraction of sp³-hybridized carbons (Fsp3) is 0.571. The fourth-order valence-corrected chi connectivity index (χ4v) is 2.06. The van der Waals surface area contributed by atoms with E-state index >= 15 is 0 Å². The number of methoxy groups -OCH3 is 1. The zero-order valence-electron chi connectivity index (χ0n) is 10.9. The van der Waals surface area contributed by atoms with Gasteiger partial charge in [-0.1, -0.05) is 35.0 Å². The molecule has 0 saturated carbocycles. The van der Waals surface area contributed by atoms with Crippen molar-refractivity contribution in [2.24, 2.45) is 5.92 Å². The minimum absolute atomic E-state index is 0.496. The van der Waals surface area contributed by atoms with Gasteiger partial charge in [-0.2, -0.15) is 0 Å². The third-order valence-corrected chi connectivity index (χ3v) is 3.25. The summed E-state index contributed by atoms with van der Waals surface area (Å²) in [6, 6.07) is 9.02. The monoisotopic (exact) mass is 299 g/mol. The molecule has 0 aromatic heterocycles. The van der Waals surface area contributed by atoms with Crippen LogP contribution in [0.15, 0.2) is 28.7 Å². The molecule has 1 aromatic carbocycles. The van der Waals surface area contributed by atoms with E-state index in [0.29, 0.717) is 12.0 Å². The number of hydrogen-bond acceptors (Lipinski definition) is 2. The van der Waals surface area contributed by atoms with Gasteiger partial charge in [0.2, 0.25) is 0 Å². The highest BCUT2D eigenvalue weighted by molar-refractivity contribution is 9.10. The molecule has 0 spiro atoms. The summed E-state index contributed by atoms with van der Waals surface area (Å²) in [4.78, 5) is 0. The van der Waals surface area contributed by atoms with Crippen LogP contribution < -0.4 is 5.32 Å². The van der Waals surface area contributed by atoms with E-state index in [1.54, 1.807) is 7.11 Å². The van der Waals surface area contributed by atoms with Crippen molar-refractivity contribution in [2.45, 2.75) is 26.3 Å². The molecule has 2 nitrogen and oxygen atoms in total. The minimum Gasteiger partial charge on any atom is -0.384 e. The van der Waals surface area contributed by atoms with Crippen molar-refractivity contribution in [3.8, 4) is 0 Å². The molecule has 0 aliphatic carbocycles. The SMILES string of the molecule is COCC(C)CNC(C)Cc1ccc(Br)cc1. The van der Waals surface area contributed by atoms with E-state index in [4.69, 9.17) is 4.74 Å². The second kappa shape index (κ2) is 7.85. The summed E-state index contributed by atoms with van der Waals surface area (Å²) in [5.74, 6) is 0.562. The summed E-state index contributed by atoms with van der Waals surface area (Å²) < 4.78 is 6.26. The Kier molecular flexibility index (Phi) is 6.78. The van der Waals surface area contributed by atoms with E-state index in [-0.39, 0.29) is 0 Å². The van der Waals surface area contributed by atoms with Crippen molar-refractivity contribution in [1.29, 1.82) is 0 Å². The highest BCUT2D eigenvalue weighted by Crippen LogP contribution is 2.11. The molecule has 1 aromatic rings. The van der Waals surface area contributed by atoms with Crippen molar-refractivity contribution in [2.75, 3.05) is 20.3 Å². The van der Waals surface area contributed by atoms with Gasteiger partial charge in [0, 0.05) is 30.8 Å². The summed E-state index contributed by atoms with van der Waals surface area (Å²) >= 11 is 3.45. The molecule has 0 amide bonds. The zero-order chi connectivity index (χ0) is 12.7. The molecule has 0 saturated heterocycles. The lowest BCUT2D eigenvalue weighted by Crippen LogP contribution is -2.33. The van der Waals surface area contributed by atoms with Gasteiger partial charge in [0.1, 0.15) is 0 Å². The first kappa shape index (κ1) is 14.7. The fourth-order valence-electron chi connectivity index (χ4n) is 1.79. The van der Waals surface area contributed by atoms with E-state index in [2.05, 4.69) is 59.4 Å². The lowest BCUT2D eigenvalue weighted by atomic mass is 10.1. The molecule has 0 fully saturated rings. The second-order valence-electron chi connectivity index (χ2n) is 4.70. The summed E-state index contributed by atoms with van der Waals surface area (Å²) in [6.07, 6.45) is 1.06. The Morgan fingerprint density at radius 1 is 1.24 bits per heavy atom. The van der Waals surface area contributed by atoms with Crippen LogP contribution in [0.2, 0.25) is 0 Å². The van der Waals surface area contributed by atoms with Gasteiger partial charge in [0.15, 0.2) is 0 Å². The lowest BCUT2D eigenvalue weighted by molar-refractivity contribution is 0.157. The van der Waals surface area contributed by atoms with Crippen molar-refractivity contribution < 1.29 is 4.74 Å². The standard InChI is InChI=1S/C14H22BrNO/c1-11(10-17-3)9-16-12(2)8-13-4-6-14(15)7-5-13/h4-7,11-12,16H,8-10H2,1-3H3. The van der Waals surface area contributed by atoms with Crippen LogP contribution in [0.3, 0.4) is 0 Å². The summed E-state index contributed by atoms with van der Waals surface area (Å²) in [5, 5.41) is 3.54. The Bertz CT molecular complexity index is 313. The van der Waals surface area contributed by atoms with Crippen LogP contribution in [-0.2, 0) is 11.2 Å². The number of hydrogen-bond donors (Lipinski definition) is 1. The maximum Gasteiger partial charge on any atom is 0.0499 e. The van der Waals surface area contributed by atoms with Gasteiger partial charge >= 0.3 is 0 Å². The normalized spacial score (nSPS) is 14.6. The van der Waals surface area contributed by atoms with Crippen molar-refractivity contribution in [3.05, 3.63) is 34.3 Å². The summed E-state index contributed by atoms with van der Waals surface area (Å²) in [6.45, 7) is 6.24. The number of halogens is 1. The van der Waals surface area contributed by atoms with E-state index in [1.165, 1.54) is 5.56 Å². The molecule has 17 heavy (non-hydrogen) atoms. The molecule has 96 valence electrons. The van der Waals surface area contributed by atoms with Gasteiger partial charge in [0.05, 0.1) is 0 Å². The highest BCUT2D eigenvalue weighted by atomic mass is 79.9. The van der Waals surface area contributed by atoms with Gasteiger partial charge in [-0.3, -0.25) is 0 Å². The Morgan fingerprint density at radius 2 is 1.88 bits per heavy atom. The van der Waals surface area contributed by atoms with Gasteiger partial charge in [-0.15, -0.1) is 0 Å². The first-order valence-corrected chi connectivity index (χ1v) is 6.88. The molecule has 2 unspecified atom stereocenters. The Hall–Kier alpha value is -0.380. The molecule has 1 rings (SSSR count). The molecular formula is C14H22BrNO. The predicted molar refractivity (Wildman–Crippen MR) is 76.4 cm³/mol. The molecule has 0 aliphatic rings. The smallest absolute Gasteiger partial charge is 0.0499 e. The largest absolute Gasteiger partial charge is 0.384 e. The molecule has 1 N–H and O–H groups in total. The Balaban J connectivity index is 2.29. The predicted octanol–water partition coefficient (Wildman–Crippen LogP) is 3.25. The molecule has 2 atom stereocenters. The van der Waals surface area contributed by atoms with Gasteiger partial charge in [0.25, 0.3) is 0 Å². The summed E-state index contributed by atoms with van der Waals surface area (Å²) in [5.41, 5.74) is 1.37. The molecule has 0 aliphatic heterocycles. The average Bonchev–Trinajstić information content (AvgIpc) is 2.30. The number of rotatable bonds is 7. The van der Waals surface area contributed by atoms with Crippen LogP contribution in [0.5, 0.6) is 0 Å². The van der Waals surface area contributed by atoms with Crippen LogP contribution in [-0.4, -0.2) is 26.3 Å². The van der Waals surface area contributed by atoms with Crippen molar-refractivity contribution >= 4 is 15.9 Å². The third kappa shape index (κ3) is 6.20. The van der Waals surface area contributed by atoms with E-state index in [1.807, 2.05) is 0 Å². The Labute approximate surface area is 113 Å². The Morgan fingerprint density at radius 3 is 2.47 bits per heavy atom. The van der Waals surface area contributed by atoms with Crippen LogP contribution in [0.4, 0.5) is 0 Å². The van der Waals surface area contributed by atoms with Crippen LogP contribution in [0, 0.1) is 5.92 Å². The van der Waals surface area contributed by atoms with E-state index in [9.17, 15) is 0 Å². The van der Waals surface area contributed by atoms with E-state index in [0.717, 1.165) is 24.0 Å². The maximum absolute atomic E-state index is 5.12. The molecule has 3 heteroatoms. The third-order valence-electron chi connectivity index (χ3n) is 2.72. The number of ether oxygens (including phenoxy) is 1.